The van der Waals surface area contributed by atoms with E-state index in [9.17, 15) is 0 Å². The minimum Gasteiger partial charge on any atom is -0.340 e. The summed E-state index contributed by atoms with van der Waals surface area (Å²) in [6.45, 7) is 3.59. The van der Waals surface area contributed by atoms with Crippen molar-refractivity contribution in [2.75, 3.05) is 0 Å². The second-order valence-corrected chi connectivity index (χ2v) is 10.9. The minimum atomic E-state index is 0.698. The molecule has 1 aliphatic rings. The highest BCUT2D eigenvalue weighted by molar-refractivity contribution is 14.1. The average molecular weight is 589 g/mol. The number of hydrogen-bond acceptors (Lipinski definition) is 5. The van der Waals surface area contributed by atoms with Crippen LogP contribution in [0.4, 0.5) is 0 Å². The van der Waals surface area contributed by atoms with Crippen molar-refractivity contribution in [3.8, 4) is 22.6 Å². The van der Waals surface area contributed by atoms with Crippen LogP contribution in [0.3, 0.4) is 0 Å². The summed E-state index contributed by atoms with van der Waals surface area (Å²) in [5.74, 6) is 1.61. The van der Waals surface area contributed by atoms with Crippen molar-refractivity contribution in [1.82, 2.24) is 32.7 Å². The van der Waals surface area contributed by atoms with Gasteiger partial charge in [0.2, 0.25) is 0 Å². The molecule has 0 spiro atoms. The van der Waals surface area contributed by atoms with E-state index in [2.05, 4.69) is 71.4 Å². The Hall–Kier alpha value is -3.11. The topological polar surface area (TPSA) is 75.0 Å². The third-order valence-electron chi connectivity index (χ3n) is 6.96. The maximum atomic E-state index is 5.04. The largest absolute Gasteiger partial charge is 0.340 e. The van der Waals surface area contributed by atoms with Crippen molar-refractivity contribution >= 4 is 28.5 Å². The zero-order valence-corrected chi connectivity index (χ0v) is 22.4. The average Bonchev–Trinajstić information content (AvgIpc) is 3.65. The second kappa shape index (κ2) is 10.1. The molecule has 0 amide bonds. The molecule has 1 N–H and O–H groups in total. The number of nitrogens with zero attached hydrogens (tertiary/aromatic N) is 6. The van der Waals surface area contributed by atoms with Crippen LogP contribution in [0, 0.1) is 6.92 Å². The maximum absolute atomic E-state index is 5.04. The Morgan fingerprint density at radius 2 is 1.86 bits per heavy atom. The Bertz CT molecular complexity index is 1500. The number of aryl methyl sites for hydroxylation is 1. The quantitative estimate of drug-likeness (QED) is 0.173. The first-order valence-corrected chi connectivity index (χ1v) is 13.4. The Morgan fingerprint density at radius 1 is 1.00 bits per heavy atom. The lowest BCUT2D eigenvalue weighted by Crippen LogP contribution is -2.13. The van der Waals surface area contributed by atoms with Crippen LogP contribution in [-0.4, -0.2) is 32.7 Å². The van der Waals surface area contributed by atoms with E-state index in [1.165, 1.54) is 36.8 Å². The normalized spacial score (nSPS) is 14.3. The second-order valence-electron chi connectivity index (χ2n) is 9.51. The van der Waals surface area contributed by atoms with Crippen molar-refractivity contribution in [1.29, 1.82) is 0 Å². The van der Waals surface area contributed by atoms with Gasteiger partial charge >= 0.3 is 0 Å². The molecule has 1 aliphatic carbocycles. The van der Waals surface area contributed by atoms with Crippen LogP contribution in [0.1, 0.15) is 54.2 Å². The number of hydrogen-bond donors (Lipinski definition) is 1. The number of aromatic nitrogens is 6. The summed E-state index contributed by atoms with van der Waals surface area (Å²) < 4.78 is 4.09. The predicted octanol–water partition coefficient (Wildman–Crippen LogP) is 6.50. The number of H-pyrrole nitrogens is 1. The maximum Gasteiger partial charge on any atom is 0.155 e. The van der Waals surface area contributed by atoms with Crippen molar-refractivity contribution in [2.45, 2.75) is 51.6 Å². The van der Waals surface area contributed by atoms with Gasteiger partial charge in [0.15, 0.2) is 5.65 Å². The fourth-order valence-corrected chi connectivity index (χ4v) is 5.94. The van der Waals surface area contributed by atoms with Crippen LogP contribution in [0.5, 0.6) is 0 Å². The first-order valence-electron chi connectivity index (χ1n) is 12.5. The summed E-state index contributed by atoms with van der Waals surface area (Å²) in [6, 6.07) is 19.0. The summed E-state index contributed by atoms with van der Waals surface area (Å²) in [5.41, 5.74) is 8.36. The SMILES string of the molecule is Cc1cccc(-c2nc(CN(I)Cc3ccccc3C3CCCC3)[nH]c2-c2ccc3ncnn3c2)n1. The number of fused-ring (bicyclic) bond motifs is 1. The third kappa shape index (κ3) is 4.79. The molecule has 5 aromatic rings. The van der Waals surface area contributed by atoms with E-state index in [0.29, 0.717) is 12.5 Å². The van der Waals surface area contributed by atoms with E-state index in [1.54, 1.807) is 10.8 Å². The molecule has 6 rings (SSSR count). The number of halogens is 1. The van der Waals surface area contributed by atoms with Crippen LogP contribution in [0.15, 0.2) is 67.1 Å². The molecule has 0 radical (unpaired) electrons. The molecular formula is C28H28IN7. The Kier molecular flexibility index (Phi) is 6.54. The number of aromatic amines is 1. The summed E-state index contributed by atoms with van der Waals surface area (Å²) in [7, 11) is 0. The fraction of sp³-hybridized carbons (Fsp3) is 0.286. The smallest absolute Gasteiger partial charge is 0.155 e. The molecule has 7 nitrogen and oxygen atoms in total. The van der Waals surface area contributed by atoms with Gasteiger partial charge in [0, 0.05) is 46.9 Å². The van der Waals surface area contributed by atoms with E-state index < -0.39 is 0 Å². The van der Waals surface area contributed by atoms with Crippen molar-refractivity contribution in [3.05, 3.63) is 89.8 Å². The summed E-state index contributed by atoms with van der Waals surface area (Å²) in [4.78, 5) is 17.7. The molecule has 1 aromatic carbocycles. The molecule has 8 heteroatoms. The van der Waals surface area contributed by atoms with Gasteiger partial charge < -0.3 is 4.98 Å². The summed E-state index contributed by atoms with van der Waals surface area (Å²) in [5, 5.41) is 4.31. The van der Waals surface area contributed by atoms with Crippen LogP contribution < -0.4 is 0 Å². The Balaban J connectivity index is 1.31. The Morgan fingerprint density at radius 3 is 2.72 bits per heavy atom. The summed E-state index contributed by atoms with van der Waals surface area (Å²) in [6.07, 6.45) is 8.86. The molecule has 0 bridgehead atoms. The van der Waals surface area contributed by atoms with Crippen LogP contribution >= 0.6 is 22.9 Å². The van der Waals surface area contributed by atoms with Crippen LogP contribution in [-0.2, 0) is 13.1 Å². The van der Waals surface area contributed by atoms with Crippen molar-refractivity contribution in [3.63, 3.8) is 0 Å². The summed E-state index contributed by atoms with van der Waals surface area (Å²) >= 11 is 2.43. The fourth-order valence-electron chi connectivity index (χ4n) is 5.25. The van der Waals surface area contributed by atoms with Gasteiger partial charge in [-0.25, -0.2) is 17.6 Å². The molecule has 0 aliphatic heterocycles. The number of nitrogens with one attached hydrogen (secondary N) is 1. The van der Waals surface area contributed by atoms with Gasteiger partial charge in [-0.15, -0.1) is 0 Å². The molecule has 0 unspecified atom stereocenters. The standard InChI is InChI=1S/C28H28IN7/c1-19-7-6-12-24(32-19)28-27(22-13-14-26-30-18-31-36(26)16-22)33-25(34-28)17-35(29)15-21-10-4-5-11-23(21)20-8-2-3-9-20/h4-7,10-14,16,18,20H,2-3,8-9,15,17H2,1H3,(H,33,34). The van der Waals surface area contributed by atoms with E-state index in [0.717, 1.165) is 46.4 Å². The van der Waals surface area contributed by atoms with Gasteiger partial charge in [0.25, 0.3) is 0 Å². The lowest BCUT2D eigenvalue weighted by atomic mass is 9.93. The van der Waals surface area contributed by atoms with Crippen molar-refractivity contribution in [2.24, 2.45) is 0 Å². The minimum absolute atomic E-state index is 0.698. The molecule has 0 saturated heterocycles. The number of rotatable bonds is 7. The highest BCUT2D eigenvalue weighted by Gasteiger charge is 2.21. The zero-order chi connectivity index (χ0) is 24.5. The molecule has 1 saturated carbocycles. The van der Waals surface area contributed by atoms with E-state index in [-0.39, 0.29) is 0 Å². The third-order valence-corrected chi connectivity index (χ3v) is 7.64. The van der Waals surface area contributed by atoms with E-state index >= 15 is 0 Å². The van der Waals surface area contributed by atoms with E-state index in [1.807, 2.05) is 37.4 Å². The van der Waals surface area contributed by atoms with Crippen LogP contribution in [0.25, 0.3) is 28.3 Å². The van der Waals surface area contributed by atoms with Gasteiger partial charge in [-0.05, 0) is 61.1 Å². The zero-order valence-electron chi connectivity index (χ0n) is 20.2. The first-order chi connectivity index (χ1) is 17.6. The number of imidazole rings is 1. The lowest BCUT2D eigenvalue weighted by Gasteiger charge is -2.19. The molecule has 4 heterocycles. The number of pyridine rings is 2. The van der Waals surface area contributed by atoms with Gasteiger partial charge in [-0.2, -0.15) is 5.10 Å². The van der Waals surface area contributed by atoms with Gasteiger partial charge in [-0.1, -0.05) is 43.2 Å². The predicted molar refractivity (Wildman–Crippen MR) is 149 cm³/mol. The van der Waals surface area contributed by atoms with Crippen molar-refractivity contribution < 1.29 is 0 Å². The van der Waals surface area contributed by atoms with Gasteiger partial charge in [0.1, 0.15) is 17.8 Å². The van der Waals surface area contributed by atoms with Crippen LogP contribution in [0.2, 0.25) is 0 Å². The molecular weight excluding hydrogens is 561 g/mol. The van der Waals surface area contributed by atoms with Gasteiger partial charge in [0.05, 0.1) is 17.9 Å². The van der Waals surface area contributed by atoms with Gasteiger partial charge in [-0.3, -0.25) is 4.98 Å². The molecule has 0 atom stereocenters. The molecule has 36 heavy (non-hydrogen) atoms. The highest BCUT2D eigenvalue weighted by atomic mass is 127. The number of benzene rings is 1. The molecule has 182 valence electrons. The van der Waals surface area contributed by atoms with E-state index in [4.69, 9.17) is 9.97 Å². The monoisotopic (exact) mass is 589 g/mol. The molecule has 1 fully saturated rings. The highest BCUT2D eigenvalue weighted by Crippen LogP contribution is 2.36. The molecule has 4 aromatic heterocycles. The first kappa shape index (κ1) is 23.3. The Labute approximate surface area is 224 Å². The lowest BCUT2D eigenvalue weighted by molar-refractivity contribution is 0.485.